The first-order chi connectivity index (χ1) is 12.1. The maximum Gasteiger partial charge on any atom is 0.312 e. The van der Waals surface area contributed by atoms with Crippen LogP contribution in [0.4, 0.5) is 10.5 Å². The van der Waals surface area contributed by atoms with Gasteiger partial charge < -0.3 is 20.9 Å². The molecule has 0 aliphatic carbocycles. The highest BCUT2D eigenvalue weighted by Crippen LogP contribution is 2.20. The van der Waals surface area contributed by atoms with Gasteiger partial charge in [-0.2, -0.15) is 0 Å². The summed E-state index contributed by atoms with van der Waals surface area (Å²) < 4.78 is 0. The van der Waals surface area contributed by atoms with Crippen molar-refractivity contribution >= 4 is 17.6 Å². The van der Waals surface area contributed by atoms with Crippen LogP contribution in [0.3, 0.4) is 0 Å². The van der Waals surface area contributed by atoms with E-state index in [-0.39, 0.29) is 5.91 Å². The number of unbranched alkanes of at least 4 members (excludes halogenated alkanes) is 1. The third kappa shape index (κ3) is 6.64. The van der Waals surface area contributed by atoms with E-state index in [9.17, 15) is 9.59 Å². The van der Waals surface area contributed by atoms with Gasteiger partial charge in [-0.25, -0.2) is 4.79 Å². The summed E-state index contributed by atoms with van der Waals surface area (Å²) >= 11 is 0. The van der Waals surface area contributed by atoms with Gasteiger partial charge in [-0.15, -0.1) is 0 Å². The highest BCUT2D eigenvalue weighted by Gasteiger charge is 2.12. The first-order valence-corrected chi connectivity index (χ1v) is 9.17. The van der Waals surface area contributed by atoms with E-state index in [0.717, 1.165) is 31.5 Å². The standard InChI is InChI=1S/C19H30N4O2/c1-22(18(24)7-3-4-12-21-19(20)25)15-16-8-10-17(11-9-16)23-13-5-2-6-14-23/h8-11H,2-7,12-15H2,1H3,(H3,20,21,25). The number of carbonyl (C=O) groups is 2. The lowest BCUT2D eigenvalue weighted by molar-refractivity contribution is -0.130. The molecule has 0 saturated carbocycles. The lowest BCUT2D eigenvalue weighted by Crippen LogP contribution is -2.30. The number of hydrogen-bond acceptors (Lipinski definition) is 3. The number of primary amides is 1. The number of benzene rings is 1. The second-order valence-corrected chi connectivity index (χ2v) is 6.71. The van der Waals surface area contributed by atoms with Crippen LogP contribution in [0.2, 0.25) is 0 Å². The van der Waals surface area contributed by atoms with E-state index in [1.54, 1.807) is 4.90 Å². The summed E-state index contributed by atoms with van der Waals surface area (Å²) in [7, 11) is 1.84. The molecule has 3 amide bonds. The van der Waals surface area contributed by atoms with Gasteiger partial charge in [-0.3, -0.25) is 4.79 Å². The van der Waals surface area contributed by atoms with Gasteiger partial charge in [0.25, 0.3) is 0 Å². The van der Waals surface area contributed by atoms with Crippen LogP contribution in [0.5, 0.6) is 0 Å². The van der Waals surface area contributed by atoms with Gasteiger partial charge in [0.2, 0.25) is 5.91 Å². The number of rotatable bonds is 8. The van der Waals surface area contributed by atoms with E-state index in [1.165, 1.54) is 24.9 Å². The zero-order valence-corrected chi connectivity index (χ0v) is 15.2. The molecule has 0 spiro atoms. The van der Waals surface area contributed by atoms with Gasteiger partial charge in [0.1, 0.15) is 0 Å². The summed E-state index contributed by atoms with van der Waals surface area (Å²) in [6, 6.07) is 8.04. The molecule has 138 valence electrons. The number of hydrogen-bond donors (Lipinski definition) is 2. The molecular formula is C19H30N4O2. The Morgan fingerprint density at radius 3 is 2.44 bits per heavy atom. The van der Waals surface area contributed by atoms with Crippen LogP contribution < -0.4 is 16.0 Å². The Hall–Kier alpha value is -2.24. The van der Waals surface area contributed by atoms with Crippen molar-refractivity contribution in [1.29, 1.82) is 0 Å². The zero-order chi connectivity index (χ0) is 18.1. The Kier molecular flexibility index (Phi) is 7.57. The number of carbonyl (C=O) groups excluding carboxylic acids is 2. The number of anilines is 1. The third-order valence-electron chi connectivity index (χ3n) is 4.62. The van der Waals surface area contributed by atoms with E-state index < -0.39 is 6.03 Å². The minimum Gasteiger partial charge on any atom is -0.372 e. The molecule has 0 atom stereocenters. The van der Waals surface area contributed by atoms with Crippen molar-refractivity contribution in [3.05, 3.63) is 29.8 Å². The third-order valence-corrected chi connectivity index (χ3v) is 4.62. The Morgan fingerprint density at radius 2 is 1.80 bits per heavy atom. The van der Waals surface area contributed by atoms with Crippen LogP contribution in [0, 0.1) is 0 Å². The van der Waals surface area contributed by atoms with Crippen molar-refractivity contribution in [3.8, 4) is 0 Å². The summed E-state index contributed by atoms with van der Waals surface area (Å²) in [5, 5.41) is 2.53. The molecule has 1 aliphatic heterocycles. The molecule has 1 fully saturated rings. The van der Waals surface area contributed by atoms with Gasteiger partial charge >= 0.3 is 6.03 Å². The van der Waals surface area contributed by atoms with Crippen molar-refractivity contribution < 1.29 is 9.59 Å². The maximum absolute atomic E-state index is 12.2. The number of amides is 3. The quantitative estimate of drug-likeness (QED) is 0.710. The van der Waals surface area contributed by atoms with E-state index in [0.29, 0.717) is 19.5 Å². The summed E-state index contributed by atoms with van der Waals surface area (Å²) in [6.45, 7) is 3.42. The van der Waals surface area contributed by atoms with Gasteiger partial charge in [0.05, 0.1) is 0 Å². The topological polar surface area (TPSA) is 78.7 Å². The predicted molar refractivity (Wildman–Crippen MR) is 100 cm³/mol. The molecule has 2 rings (SSSR count). The summed E-state index contributed by atoms with van der Waals surface area (Å²) in [4.78, 5) is 26.9. The first kappa shape index (κ1) is 19.1. The van der Waals surface area contributed by atoms with E-state index in [4.69, 9.17) is 5.73 Å². The van der Waals surface area contributed by atoms with Gasteiger partial charge in [0, 0.05) is 45.3 Å². The number of nitrogens with one attached hydrogen (secondary N) is 1. The van der Waals surface area contributed by atoms with Crippen molar-refractivity contribution in [2.45, 2.75) is 45.1 Å². The fourth-order valence-electron chi connectivity index (χ4n) is 3.13. The van der Waals surface area contributed by atoms with Crippen molar-refractivity contribution in [3.63, 3.8) is 0 Å². The molecule has 0 aromatic heterocycles. The summed E-state index contributed by atoms with van der Waals surface area (Å²) in [5.74, 6) is 0.124. The molecule has 0 bridgehead atoms. The first-order valence-electron chi connectivity index (χ1n) is 9.17. The summed E-state index contributed by atoms with van der Waals surface area (Å²) in [5.41, 5.74) is 7.42. The van der Waals surface area contributed by atoms with Crippen LogP contribution in [0.25, 0.3) is 0 Å². The Bertz CT molecular complexity index is 553. The highest BCUT2D eigenvalue weighted by molar-refractivity contribution is 5.75. The fourth-order valence-corrected chi connectivity index (χ4v) is 3.13. The average molecular weight is 346 g/mol. The predicted octanol–water partition coefficient (Wildman–Crippen LogP) is 2.47. The molecule has 1 aliphatic rings. The minimum atomic E-state index is -0.517. The highest BCUT2D eigenvalue weighted by atomic mass is 16.2. The Morgan fingerprint density at radius 1 is 1.12 bits per heavy atom. The van der Waals surface area contributed by atoms with Gasteiger partial charge in [0.15, 0.2) is 0 Å². The van der Waals surface area contributed by atoms with Gasteiger partial charge in [-0.1, -0.05) is 12.1 Å². The minimum absolute atomic E-state index is 0.124. The number of urea groups is 1. The van der Waals surface area contributed by atoms with Crippen LogP contribution in [-0.2, 0) is 11.3 Å². The largest absolute Gasteiger partial charge is 0.372 e. The molecule has 1 saturated heterocycles. The molecule has 25 heavy (non-hydrogen) atoms. The SMILES string of the molecule is CN(Cc1ccc(N2CCCCC2)cc1)C(=O)CCCCNC(N)=O. The molecular weight excluding hydrogens is 316 g/mol. The smallest absolute Gasteiger partial charge is 0.312 e. The Labute approximate surface area is 150 Å². The molecule has 1 aromatic rings. The fraction of sp³-hybridized carbons (Fsp3) is 0.579. The molecule has 1 heterocycles. The molecule has 6 nitrogen and oxygen atoms in total. The van der Waals surface area contributed by atoms with Gasteiger partial charge in [-0.05, 0) is 49.8 Å². The summed E-state index contributed by atoms with van der Waals surface area (Å²) in [6.07, 6.45) is 5.87. The van der Waals surface area contributed by atoms with Crippen LogP contribution in [0.1, 0.15) is 44.1 Å². The second kappa shape index (κ2) is 9.91. The van der Waals surface area contributed by atoms with Crippen LogP contribution >= 0.6 is 0 Å². The maximum atomic E-state index is 12.2. The number of nitrogens with two attached hydrogens (primary N) is 1. The molecule has 0 radical (unpaired) electrons. The van der Waals surface area contributed by atoms with E-state index in [1.807, 2.05) is 7.05 Å². The van der Waals surface area contributed by atoms with E-state index >= 15 is 0 Å². The number of piperidine rings is 1. The number of nitrogens with zero attached hydrogens (tertiary/aromatic N) is 2. The van der Waals surface area contributed by atoms with Crippen LogP contribution in [0.15, 0.2) is 24.3 Å². The molecule has 1 aromatic carbocycles. The van der Waals surface area contributed by atoms with Crippen molar-refractivity contribution in [1.82, 2.24) is 10.2 Å². The zero-order valence-electron chi connectivity index (χ0n) is 15.2. The van der Waals surface area contributed by atoms with Crippen molar-refractivity contribution in [2.24, 2.45) is 5.73 Å². The monoisotopic (exact) mass is 346 g/mol. The molecule has 0 unspecified atom stereocenters. The molecule has 6 heteroatoms. The lowest BCUT2D eigenvalue weighted by atomic mass is 10.1. The Balaban J connectivity index is 1.72. The van der Waals surface area contributed by atoms with Crippen molar-refractivity contribution in [2.75, 3.05) is 31.6 Å². The van der Waals surface area contributed by atoms with Crippen LogP contribution in [-0.4, -0.2) is 43.5 Å². The molecule has 3 N–H and O–H groups in total. The second-order valence-electron chi connectivity index (χ2n) is 6.71. The average Bonchev–Trinajstić information content (AvgIpc) is 2.62. The van der Waals surface area contributed by atoms with E-state index in [2.05, 4.69) is 34.5 Å². The normalized spacial score (nSPS) is 14.2. The lowest BCUT2D eigenvalue weighted by Gasteiger charge is -2.29.